The summed E-state index contributed by atoms with van der Waals surface area (Å²) < 4.78 is 0. The monoisotopic (exact) mass is 639 g/mol. The van der Waals surface area contributed by atoms with Crippen molar-refractivity contribution in [2.24, 2.45) is 5.92 Å². The van der Waals surface area contributed by atoms with Crippen LogP contribution in [0.2, 0.25) is 0 Å². The Kier molecular flexibility index (Phi) is 36.4. The molecule has 1 unspecified atom stereocenters. The van der Waals surface area contributed by atoms with Crippen LogP contribution in [-0.4, -0.2) is 11.9 Å². The van der Waals surface area contributed by atoms with Gasteiger partial charge in [0.1, 0.15) is 0 Å². The van der Waals surface area contributed by atoms with E-state index in [0.29, 0.717) is 6.42 Å². The summed E-state index contributed by atoms with van der Waals surface area (Å²) in [5, 5.41) is 4.62. The van der Waals surface area contributed by atoms with Gasteiger partial charge in [0.05, 0.1) is 5.92 Å². The summed E-state index contributed by atoms with van der Waals surface area (Å²) >= 11 is 0. The van der Waals surface area contributed by atoms with Crippen molar-refractivity contribution in [1.29, 1.82) is 0 Å². The molecule has 5 heteroatoms. The summed E-state index contributed by atoms with van der Waals surface area (Å²) in [7, 11) is 0. The normalized spacial score (nSPS) is 12.0. The summed E-state index contributed by atoms with van der Waals surface area (Å²) in [6.07, 6.45) is 41.8. The van der Waals surface area contributed by atoms with E-state index in [-0.39, 0.29) is 5.92 Å². The van der Waals surface area contributed by atoms with Gasteiger partial charge in [0.25, 0.3) is 0 Å². The zero-order valence-electron chi connectivity index (χ0n) is 30.7. The maximum absolute atomic E-state index is 12.6. The Morgan fingerprint density at radius 2 is 0.689 bits per heavy atom. The molecule has 0 aliphatic heterocycles. The van der Waals surface area contributed by atoms with Crippen LogP contribution in [0, 0.1) is 5.92 Å². The Labute approximate surface area is 280 Å². The first-order valence-electron chi connectivity index (χ1n) is 20.2. The standard InChI is InChI=1S/C40H78O5/c1-4-7-10-12-14-16-18-20-22-24-26-28-30-32-34-37-39(41)43-45-44-40(42)38(35-9-6-3)36-33-31-29-27-25-23-21-19-17-15-13-11-8-5-2/h38H,4-37H2,1-3H3. The molecule has 268 valence electrons. The van der Waals surface area contributed by atoms with Crippen LogP contribution in [0.1, 0.15) is 239 Å². The molecular weight excluding hydrogens is 560 g/mol. The van der Waals surface area contributed by atoms with E-state index in [1.165, 1.54) is 154 Å². The lowest BCUT2D eigenvalue weighted by atomic mass is 9.95. The van der Waals surface area contributed by atoms with Gasteiger partial charge in [-0.3, -0.25) is 9.78 Å². The fourth-order valence-electron chi connectivity index (χ4n) is 6.25. The van der Waals surface area contributed by atoms with Gasteiger partial charge >= 0.3 is 11.9 Å². The smallest absolute Gasteiger partial charge is 0.260 e. The van der Waals surface area contributed by atoms with Crippen molar-refractivity contribution in [2.75, 3.05) is 0 Å². The molecule has 1 atom stereocenters. The van der Waals surface area contributed by atoms with E-state index in [2.05, 4.69) is 25.8 Å². The first-order chi connectivity index (χ1) is 22.2. The lowest BCUT2D eigenvalue weighted by Crippen LogP contribution is -2.19. The highest BCUT2D eigenvalue weighted by atomic mass is 17.5. The van der Waals surface area contributed by atoms with Crippen LogP contribution in [0.3, 0.4) is 0 Å². The van der Waals surface area contributed by atoms with Crippen molar-refractivity contribution < 1.29 is 24.4 Å². The molecule has 0 amide bonds. The Balaban J connectivity index is 3.68. The molecule has 0 rings (SSSR count). The predicted octanol–water partition coefficient (Wildman–Crippen LogP) is 13.9. The third kappa shape index (κ3) is 34.1. The maximum atomic E-state index is 12.6. The minimum absolute atomic E-state index is 0.184. The summed E-state index contributed by atoms with van der Waals surface area (Å²) in [4.78, 5) is 34.2. The molecule has 0 spiro atoms. The first-order valence-corrected chi connectivity index (χ1v) is 20.2. The lowest BCUT2D eigenvalue weighted by molar-refractivity contribution is -0.460. The second-order valence-electron chi connectivity index (χ2n) is 13.8. The lowest BCUT2D eigenvalue weighted by Gasteiger charge is -2.13. The van der Waals surface area contributed by atoms with E-state index in [1.54, 1.807) is 0 Å². The van der Waals surface area contributed by atoms with Gasteiger partial charge in [-0.1, -0.05) is 213 Å². The second kappa shape index (κ2) is 37.4. The zero-order valence-corrected chi connectivity index (χ0v) is 30.7. The van der Waals surface area contributed by atoms with Crippen LogP contribution < -0.4 is 0 Å². The van der Waals surface area contributed by atoms with Crippen molar-refractivity contribution in [3.05, 3.63) is 0 Å². The summed E-state index contributed by atoms with van der Waals surface area (Å²) in [5.74, 6) is -1.05. The molecule has 0 radical (unpaired) electrons. The van der Waals surface area contributed by atoms with E-state index in [1.807, 2.05) is 0 Å². The topological polar surface area (TPSA) is 61.8 Å². The molecular formula is C40H78O5. The highest BCUT2D eigenvalue weighted by molar-refractivity contribution is 5.72. The maximum Gasteiger partial charge on any atom is 0.349 e. The van der Waals surface area contributed by atoms with E-state index in [9.17, 15) is 9.59 Å². The minimum atomic E-state index is -0.463. The molecule has 0 aliphatic carbocycles. The number of hydrogen-bond donors (Lipinski definition) is 0. The number of rotatable bonds is 37. The van der Waals surface area contributed by atoms with Gasteiger partial charge < -0.3 is 0 Å². The van der Waals surface area contributed by atoms with E-state index < -0.39 is 11.9 Å². The van der Waals surface area contributed by atoms with Gasteiger partial charge in [0.2, 0.25) is 0 Å². The van der Waals surface area contributed by atoms with Crippen molar-refractivity contribution in [1.82, 2.24) is 0 Å². The predicted molar refractivity (Wildman–Crippen MR) is 191 cm³/mol. The Morgan fingerprint density at radius 1 is 0.378 bits per heavy atom. The van der Waals surface area contributed by atoms with Crippen LogP contribution >= 0.6 is 0 Å². The average molecular weight is 639 g/mol. The Morgan fingerprint density at radius 3 is 1.07 bits per heavy atom. The molecule has 0 saturated carbocycles. The third-order valence-electron chi connectivity index (χ3n) is 9.37. The largest absolute Gasteiger partial charge is 0.349 e. The van der Waals surface area contributed by atoms with Crippen molar-refractivity contribution in [3.63, 3.8) is 0 Å². The number of unbranched alkanes of at least 4 members (excludes halogenated alkanes) is 28. The SMILES string of the molecule is CCCCCCCCCCCCCCCCCC(=O)OOOC(=O)C(CCCC)CCCCCCCCCCCCCCCC. The molecule has 0 fully saturated rings. The summed E-state index contributed by atoms with van der Waals surface area (Å²) in [6.45, 7) is 6.68. The van der Waals surface area contributed by atoms with Crippen molar-refractivity contribution in [3.8, 4) is 0 Å². The molecule has 0 bridgehead atoms. The zero-order chi connectivity index (χ0) is 32.9. The summed E-state index contributed by atoms with van der Waals surface area (Å²) in [6, 6.07) is 0. The van der Waals surface area contributed by atoms with Crippen molar-refractivity contribution >= 4 is 11.9 Å². The van der Waals surface area contributed by atoms with Gasteiger partial charge in [-0.05, 0) is 19.3 Å². The van der Waals surface area contributed by atoms with E-state index in [0.717, 1.165) is 57.8 Å². The van der Waals surface area contributed by atoms with E-state index >= 15 is 0 Å². The molecule has 0 N–H and O–H groups in total. The number of carbonyl (C=O) groups is 2. The van der Waals surface area contributed by atoms with E-state index in [4.69, 9.17) is 9.78 Å². The second-order valence-corrected chi connectivity index (χ2v) is 13.8. The quantitative estimate of drug-likeness (QED) is 0.0385. The van der Waals surface area contributed by atoms with Gasteiger partial charge in [0, 0.05) is 11.5 Å². The Hall–Kier alpha value is -1.10. The van der Waals surface area contributed by atoms with Gasteiger partial charge in [-0.25, -0.2) is 9.59 Å². The molecule has 0 aliphatic rings. The van der Waals surface area contributed by atoms with Gasteiger partial charge in [-0.2, -0.15) is 0 Å². The van der Waals surface area contributed by atoms with Crippen molar-refractivity contribution in [2.45, 2.75) is 239 Å². The number of hydrogen-bond acceptors (Lipinski definition) is 5. The molecule has 0 aromatic heterocycles. The highest BCUT2D eigenvalue weighted by Gasteiger charge is 2.21. The molecule has 5 nitrogen and oxygen atoms in total. The van der Waals surface area contributed by atoms with Crippen LogP contribution in [-0.2, 0) is 24.4 Å². The van der Waals surface area contributed by atoms with Crippen LogP contribution in [0.5, 0.6) is 0 Å². The fraction of sp³-hybridized carbons (Fsp3) is 0.950. The summed E-state index contributed by atoms with van der Waals surface area (Å²) in [5.41, 5.74) is 0. The third-order valence-corrected chi connectivity index (χ3v) is 9.37. The fourth-order valence-corrected chi connectivity index (χ4v) is 6.25. The molecule has 45 heavy (non-hydrogen) atoms. The molecule has 0 aromatic carbocycles. The van der Waals surface area contributed by atoms with Gasteiger partial charge in [-0.15, -0.1) is 0 Å². The molecule has 0 heterocycles. The minimum Gasteiger partial charge on any atom is -0.260 e. The number of carbonyl (C=O) groups excluding carboxylic acids is 2. The van der Waals surface area contributed by atoms with Crippen LogP contribution in [0.15, 0.2) is 0 Å². The molecule has 0 aromatic rings. The molecule has 0 saturated heterocycles. The van der Waals surface area contributed by atoms with Crippen LogP contribution in [0.4, 0.5) is 0 Å². The highest BCUT2D eigenvalue weighted by Crippen LogP contribution is 2.20. The average Bonchev–Trinajstić information content (AvgIpc) is 3.04. The first kappa shape index (κ1) is 43.9. The van der Waals surface area contributed by atoms with Crippen LogP contribution in [0.25, 0.3) is 0 Å². The van der Waals surface area contributed by atoms with Gasteiger partial charge in [0.15, 0.2) is 0 Å². The Bertz CT molecular complexity index is 607.